The molecular weight excluding hydrogens is 1610 g/mol. The van der Waals surface area contributed by atoms with Crippen molar-refractivity contribution in [1.29, 1.82) is 0 Å². The third kappa shape index (κ3) is 20.5. The number of carbonyl (C=O) groups is 2. The van der Waals surface area contributed by atoms with Crippen LogP contribution in [-0.4, -0.2) is 133 Å². The summed E-state index contributed by atoms with van der Waals surface area (Å²) < 4.78 is 154. The van der Waals surface area contributed by atoms with Gasteiger partial charge in [-0.2, -0.15) is 35.1 Å². The molecule has 0 saturated carbocycles. The maximum absolute atomic E-state index is 15.8. The van der Waals surface area contributed by atoms with Crippen molar-refractivity contribution in [2.45, 2.75) is 112 Å². The summed E-state index contributed by atoms with van der Waals surface area (Å²) >= 11 is -1.50. The number of halogens is 7. The van der Waals surface area contributed by atoms with Crippen LogP contribution in [0.3, 0.4) is 0 Å². The highest BCUT2D eigenvalue weighted by Crippen LogP contribution is 2.40. The number of amides is 2. The van der Waals surface area contributed by atoms with Crippen molar-refractivity contribution in [3.63, 3.8) is 0 Å². The predicted octanol–water partition coefficient (Wildman–Crippen LogP) is 21.7. The van der Waals surface area contributed by atoms with E-state index < -0.39 is 71.8 Å². The van der Waals surface area contributed by atoms with Crippen LogP contribution in [-0.2, 0) is 58.5 Å². The number of aromatic nitrogens is 9. The number of alkyl halides is 2. The van der Waals surface area contributed by atoms with E-state index in [9.17, 15) is 27.2 Å². The molecular formula is C94H90F7N11O8S2. The second-order valence-corrected chi connectivity index (χ2v) is 31.4. The second-order valence-electron chi connectivity index (χ2n) is 31.2. The van der Waals surface area contributed by atoms with Crippen molar-refractivity contribution in [3.05, 3.63) is 293 Å². The fourth-order valence-electron chi connectivity index (χ4n) is 14.9. The van der Waals surface area contributed by atoms with Gasteiger partial charge in [0.1, 0.15) is 22.8 Å². The molecule has 2 N–H and O–H groups in total. The number of para-hydroxylation sites is 2. The molecule has 2 amide bonds. The molecule has 0 aliphatic rings. The lowest BCUT2D eigenvalue weighted by atomic mass is 10.0. The van der Waals surface area contributed by atoms with Crippen LogP contribution in [0, 0.1) is 50.2 Å². The number of aromatic amines is 2. The molecule has 630 valence electrons. The maximum atomic E-state index is 15.8. The van der Waals surface area contributed by atoms with Gasteiger partial charge in [0, 0.05) is 92.6 Å². The van der Waals surface area contributed by atoms with Crippen LogP contribution in [0.5, 0.6) is 0 Å². The number of ether oxygens (including phenoxy) is 2. The van der Waals surface area contributed by atoms with Crippen LogP contribution < -0.4 is 0 Å². The second kappa shape index (κ2) is 39.4. The van der Waals surface area contributed by atoms with Crippen molar-refractivity contribution in [1.82, 2.24) is 53.7 Å². The predicted molar refractivity (Wildman–Crippen MR) is 465 cm³/mol. The summed E-state index contributed by atoms with van der Waals surface area (Å²) in [5, 5.41) is 17.2. The summed E-state index contributed by atoms with van der Waals surface area (Å²) in [6, 6.07) is 70.5. The van der Waals surface area contributed by atoms with Gasteiger partial charge in [-0.25, -0.2) is 28.0 Å². The summed E-state index contributed by atoms with van der Waals surface area (Å²) in [7, 11) is 0. The molecule has 0 aliphatic carbocycles. The van der Waals surface area contributed by atoms with Gasteiger partial charge in [-0.1, -0.05) is 133 Å². The van der Waals surface area contributed by atoms with Gasteiger partial charge in [-0.15, -0.1) is 5.10 Å². The molecule has 0 spiro atoms. The minimum Gasteiger partial charge on any atom is -0.444 e. The Morgan fingerprint density at radius 3 is 1.36 bits per heavy atom. The average molecular weight is 1700 g/mol. The van der Waals surface area contributed by atoms with Crippen molar-refractivity contribution in [2.24, 2.45) is 0 Å². The van der Waals surface area contributed by atoms with E-state index in [2.05, 4.69) is 33.4 Å². The fraction of sp³-hybridized carbons (Fsp3) is 0.245. The summed E-state index contributed by atoms with van der Waals surface area (Å²) in [4.78, 5) is 33.0. The first kappa shape index (κ1) is 88.2. The van der Waals surface area contributed by atoms with Gasteiger partial charge >= 0.3 is 35.3 Å². The molecule has 0 fully saturated rings. The van der Waals surface area contributed by atoms with E-state index in [1.807, 2.05) is 211 Å². The quantitative estimate of drug-likeness (QED) is 0.0645. The highest BCUT2D eigenvalue weighted by molar-refractivity contribution is 7.52. The topological polar surface area (TPSA) is 217 Å². The molecule has 6 aromatic heterocycles. The summed E-state index contributed by atoms with van der Waals surface area (Å²) in [5.74, 6) is -2.20. The first-order chi connectivity index (χ1) is 58.6. The van der Waals surface area contributed by atoms with Crippen LogP contribution in [0.1, 0.15) is 93.3 Å². The Morgan fingerprint density at radius 1 is 0.451 bits per heavy atom. The molecule has 0 atom stereocenters. The van der Waals surface area contributed by atoms with E-state index >= 15 is 13.2 Å². The van der Waals surface area contributed by atoms with E-state index in [0.29, 0.717) is 73.1 Å². The van der Waals surface area contributed by atoms with Crippen molar-refractivity contribution in [2.75, 3.05) is 39.5 Å². The summed E-state index contributed by atoms with van der Waals surface area (Å²) in [6.45, 7) is 17.1. The molecule has 6 heterocycles. The number of nitrogens with one attached hydrogen (secondary N) is 2. The zero-order valence-corrected chi connectivity index (χ0v) is 70.2. The number of H-pyrrole nitrogens is 2. The number of aryl methyl sites for hydroxylation is 3. The first-order valence-corrected chi connectivity index (χ1v) is 40.8. The lowest BCUT2D eigenvalue weighted by molar-refractivity contribution is 0.0236. The molecule has 0 saturated heterocycles. The van der Waals surface area contributed by atoms with E-state index in [0.717, 1.165) is 89.3 Å². The molecule has 10 aromatic carbocycles. The van der Waals surface area contributed by atoms with E-state index in [1.165, 1.54) is 21.9 Å². The minimum atomic E-state index is -0.750. The van der Waals surface area contributed by atoms with E-state index in [1.54, 1.807) is 69.1 Å². The highest BCUT2D eigenvalue weighted by atomic mass is 32.1. The monoisotopic (exact) mass is 1700 g/mol. The van der Waals surface area contributed by atoms with Crippen LogP contribution >= 0.6 is 0 Å². The van der Waals surface area contributed by atoms with Crippen molar-refractivity contribution < 1.29 is 66.6 Å². The van der Waals surface area contributed by atoms with Crippen LogP contribution in [0.4, 0.5) is 40.3 Å². The number of nitrogens with zero attached hydrogens (tertiary/aromatic N) is 9. The van der Waals surface area contributed by atoms with Crippen LogP contribution in [0.2, 0.25) is 0 Å². The number of rotatable bonds is 21. The molecule has 28 heteroatoms. The number of carbonyl (C=O) groups excluding carboxylic acids is 2. The molecule has 0 bridgehead atoms. The van der Waals surface area contributed by atoms with Gasteiger partial charge in [0.05, 0.1) is 81.7 Å². The molecule has 19 nitrogen and oxygen atoms in total. The molecule has 0 aliphatic heterocycles. The minimum absolute atomic E-state index is 0.198. The number of hydrogen-bond acceptors (Lipinski definition) is 11. The molecule has 0 radical (unpaired) electrons. The number of fused-ring (bicyclic) bond motifs is 9. The lowest BCUT2D eigenvalue weighted by Crippen LogP contribution is -2.38. The first-order valence-electron chi connectivity index (χ1n) is 39.5. The zero-order valence-electron chi connectivity index (χ0n) is 68.6. The van der Waals surface area contributed by atoms with Crippen molar-refractivity contribution in [3.8, 4) is 45.1 Å². The third-order valence-corrected chi connectivity index (χ3v) is 20.6. The Morgan fingerprint density at radius 2 is 0.885 bits per heavy atom. The molecule has 16 aromatic rings. The number of benzene rings is 10. The van der Waals surface area contributed by atoms with E-state index in [-0.39, 0.29) is 69.7 Å². The standard InChI is InChI=1S/C39H39F3N4O2.C33H35F3N4O2.C22H16FN3.2O2S/c1-26-11-8-9-14-30(26)35-24-31-33(17-18-34-36(31)37(42)43-46(34)29-12-6-5-7-13-29)45(35)25-28-16-15-27(23-32(28)41)19-22-44(21-10-20-40)38(47)48-39(2,3)4;1-21-8-5-6-9-24(21)29-19-25-28(13-12-27-30(25)31(36)38-37-27)40(29)20-23-11-10-22(18-26(23)35)14-17-39(16-7-15-34)32(41)42-33(2,3)4;1-14-7-5-6-10-16(14)19-13-17-18(24-19)11-12-20-21(17)22(23)25-26(20)15-8-3-2-4-9-15;2*1-3-2/h5-9,11-18,23-24H,10,19-22,25H2,1-4H3;5-6,8-13,18-19H,7,14-17,20H2,1-4H3,(H,37,38);2-13,25H,1H3;;. The van der Waals surface area contributed by atoms with E-state index in [4.69, 9.17) is 31.3 Å². The summed E-state index contributed by atoms with van der Waals surface area (Å²) in [6.07, 6.45) is 0.142. The highest BCUT2D eigenvalue weighted by Gasteiger charge is 2.27. The Hall–Kier alpha value is -13.1. The van der Waals surface area contributed by atoms with Crippen molar-refractivity contribution >= 4 is 101 Å². The van der Waals surface area contributed by atoms with Gasteiger partial charge in [-0.05, 0) is 207 Å². The van der Waals surface area contributed by atoms with Crippen LogP contribution in [0.15, 0.2) is 224 Å². The third-order valence-electron chi connectivity index (χ3n) is 20.6. The Bertz CT molecular complexity index is 6490. The molecule has 0 unspecified atom stereocenters. The van der Waals surface area contributed by atoms with Crippen LogP contribution in [0.25, 0.3) is 111 Å². The van der Waals surface area contributed by atoms with Gasteiger partial charge < -0.3 is 28.4 Å². The smallest absolute Gasteiger partial charge is 0.410 e. The Kier molecular flexibility index (Phi) is 28.5. The lowest BCUT2D eigenvalue weighted by Gasteiger charge is -2.27. The zero-order chi connectivity index (χ0) is 87.1. The molecule has 16 rings (SSSR count). The Balaban J connectivity index is 0.000000168. The maximum Gasteiger partial charge on any atom is 0.410 e. The number of hydrogen-bond donors (Lipinski definition) is 2. The normalized spacial score (nSPS) is 11.4. The largest absolute Gasteiger partial charge is 0.444 e. The van der Waals surface area contributed by atoms with Gasteiger partial charge in [0.25, 0.3) is 0 Å². The molecule has 122 heavy (non-hydrogen) atoms. The van der Waals surface area contributed by atoms with Gasteiger partial charge in [-0.3, -0.25) is 23.7 Å². The van der Waals surface area contributed by atoms with Gasteiger partial charge in [0.15, 0.2) is 0 Å². The fourth-order valence-corrected chi connectivity index (χ4v) is 14.9. The van der Waals surface area contributed by atoms with Gasteiger partial charge in [0.2, 0.25) is 17.8 Å². The average Bonchev–Trinajstić information content (AvgIpc) is 1.60. The SMILES string of the molecule is Cc1ccccc1-c1cc2c(ccc3c2c(F)[nH]n3-c2ccccc2)n1.Cc1ccccc1-c1cc2c3c(F)[nH]nc3ccc2n1Cc1ccc(CCN(CCCF)C(=O)OC(C)(C)C)cc1F.Cc1ccccc1-c1cc2c3c(F)nn(-c4ccccc4)c3ccc2n1Cc1ccc(CCN(CCCF)C(=O)OC(C)(C)C)cc1F.O=S=O.O=S=O. The summed E-state index contributed by atoms with van der Waals surface area (Å²) in [5.41, 5.74) is 15.7. The Labute approximate surface area is 706 Å².